The molecule has 1 spiro atoms. The number of carbonyl (C=O) groups excluding carboxylic acids is 1. The summed E-state index contributed by atoms with van der Waals surface area (Å²) in [5, 5.41) is 3.21. The molecule has 3 aliphatic rings. The Morgan fingerprint density at radius 2 is 2.12 bits per heavy atom. The third-order valence-electron chi connectivity index (χ3n) is 6.15. The second-order valence-corrected chi connectivity index (χ2v) is 8.11. The van der Waals surface area contributed by atoms with E-state index in [0.29, 0.717) is 5.92 Å². The number of amides is 2. The first-order valence-corrected chi connectivity index (χ1v) is 9.01. The van der Waals surface area contributed by atoms with Crippen LogP contribution in [0.1, 0.15) is 24.8 Å². The van der Waals surface area contributed by atoms with Crippen LogP contribution in [0.5, 0.6) is 0 Å². The number of carbonyl (C=O) groups is 1. The largest absolute Gasteiger partial charge is 0.381 e. The van der Waals surface area contributed by atoms with Gasteiger partial charge in [-0.15, -0.1) is 0 Å². The zero-order valence-corrected chi connectivity index (χ0v) is 14.9. The zero-order valence-electron chi connectivity index (χ0n) is 14.9. The molecule has 5 nitrogen and oxygen atoms in total. The maximum Gasteiger partial charge on any atom is 0.317 e. The summed E-state index contributed by atoms with van der Waals surface area (Å²) in [6, 6.07) is 6.89. The van der Waals surface area contributed by atoms with Crippen LogP contribution in [0.4, 0.5) is 9.18 Å². The number of benzene rings is 1. The molecule has 25 heavy (non-hydrogen) atoms. The number of urea groups is 1. The molecule has 2 amide bonds. The predicted molar refractivity (Wildman–Crippen MR) is 92.8 cm³/mol. The first-order valence-electron chi connectivity index (χ1n) is 9.01. The maximum absolute atomic E-state index is 13.7. The molecule has 1 aliphatic carbocycles. The van der Waals surface area contributed by atoms with Gasteiger partial charge in [-0.3, -0.25) is 4.90 Å². The molecule has 2 aliphatic heterocycles. The minimum absolute atomic E-state index is 0.0341. The molecule has 0 radical (unpaired) electrons. The first kappa shape index (κ1) is 16.8. The Morgan fingerprint density at radius 3 is 2.72 bits per heavy atom. The van der Waals surface area contributed by atoms with Crippen LogP contribution < -0.4 is 5.32 Å². The summed E-state index contributed by atoms with van der Waals surface area (Å²) in [6.45, 7) is 3.18. The molecule has 6 heteroatoms. The lowest BCUT2D eigenvalue weighted by molar-refractivity contribution is -0.0401. The van der Waals surface area contributed by atoms with E-state index in [-0.39, 0.29) is 22.9 Å². The molecule has 136 valence electrons. The van der Waals surface area contributed by atoms with Gasteiger partial charge in [0.25, 0.3) is 0 Å². The highest BCUT2D eigenvalue weighted by Gasteiger charge is 2.60. The van der Waals surface area contributed by atoms with Gasteiger partial charge in [0.05, 0.1) is 24.3 Å². The SMILES string of the molecule is CN(C)C1(c2cccc(F)c2)CC2(CN(CCC3COC3)C(=O)N2)C1. The molecule has 1 aromatic carbocycles. The molecule has 1 aromatic rings. The van der Waals surface area contributed by atoms with Crippen molar-refractivity contribution >= 4 is 6.03 Å². The number of nitrogens with zero attached hydrogens (tertiary/aromatic N) is 2. The fourth-order valence-corrected chi connectivity index (χ4v) is 4.58. The van der Waals surface area contributed by atoms with Gasteiger partial charge in [0, 0.05) is 19.0 Å². The van der Waals surface area contributed by atoms with Gasteiger partial charge in [-0.25, -0.2) is 9.18 Å². The van der Waals surface area contributed by atoms with Crippen molar-refractivity contribution in [2.75, 3.05) is 40.4 Å². The topological polar surface area (TPSA) is 44.8 Å². The number of hydrogen-bond acceptors (Lipinski definition) is 3. The monoisotopic (exact) mass is 347 g/mol. The van der Waals surface area contributed by atoms with Crippen molar-refractivity contribution in [2.45, 2.75) is 30.3 Å². The van der Waals surface area contributed by atoms with Crippen molar-refractivity contribution in [2.24, 2.45) is 5.92 Å². The second kappa shape index (κ2) is 5.95. The Labute approximate surface area is 148 Å². The smallest absolute Gasteiger partial charge is 0.317 e. The van der Waals surface area contributed by atoms with Gasteiger partial charge in [0.2, 0.25) is 0 Å². The standard InChI is InChI=1S/C19H26FN3O2/c1-22(2)19(15-4-3-5-16(20)8-15)11-18(12-19)13-23(17(24)21-18)7-6-14-9-25-10-14/h3-5,8,14H,6-7,9-13H2,1-2H3,(H,21,24). The van der Waals surface area contributed by atoms with Crippen LogP contribution in [0.15, 0.2) is 24.3 Å². The van der Waals surface area contributed by atoms with Crippen molar-refractivity contribution in [3.63, 3.8) is 0 Å². The molecule has 4 rings (SSSR count). The van der Waals surface area contributed by atoms with Crippen LogP contribution >= 0.6 is 0 Å². The predicted octanol–water partition coefficient (Wildman–Crippen LogP) is 2.18. The zero-order chi connectivity index (χ0) is 17.7. The van der Waals surface area contributed by atoms with Crippen molar-refractivity contribution in [3.8, 4) is 0 Å². The number of nitrogens with one attached hydrogen (secondary N) is 1. The summed E-state index contributed by atoms with van der Waals surface area (Å²) in [6.07, 6.45) is 2.63. The van der Waals surface area contributed by atoms with Crippen LogP contribution in [-0.2, 0) is 10.3 Å². The molecule has 2 saturated heterocycles. The van der Waals surface area contributed by atoms with Crippen LogP contribution in [0, 0.1) is 11.7 Å². The summed E-state index contributed by atoms with van der Waals surface area (Å²) in [4.78, 5) is 16.5. The van der Waals surface area contributed by atoms with Gasteiger partial charge in [-0.1, -0.05) is 12.1 Å². The van der Waals surface area contributed by atoms with E-state index in [1.54, 1.807) is 12.1 Å². The van der Waals surface area contributed by atoms with Gasteiger partial charge in [0.15, 0.2) is 0 Å². The summed E-state index contributed by atoms with van der Waals surface area (Å²) in [7, 11) is 4.06. The van der Waals surface area contributed by atoms with Crippen molar-refractivity contribution in [1.82, 2.24) is 15.1 Å². The van der Waals surface area contributed by atoms with E-state index >= 15 is 0 Å². The Kier molecular flexibility index (Phi) is 4.00. The molecule has 0 aromatic heterocycles. The molecular weight excluding hydrogens is 321 g/mol. The van der Waals surface area contributed by atoms with Gasteiger partial charge < -0.3 is 15.0 Å². The molecule has 0 atom stereocenters. The van der Waals surface area contributed by atoms with E-state index in [0.717, 1.165) is 51.1 Å². The molecule has 3 fully saturated rings. The quantitative estimate of drug-likeness (QED) is 0.888. The molecule has 0 unspecified atom stereocenters. The molecule has 2 heterocycles. The number of ether oxygens (including phenoxy) is 1. The summed E-state index contributed by atoms with van der Waals surface area (Å²) < 4.78 is 18.9. The third kappa shape index (κ3) is 2.81. The van der Waals surface area contributed by atoms with E-state index < -0.39 is 0 Å². The average Bonchev–Trinajstić information content (AvgIpc) is 2.80. The Balaban J connectivity index is 1.45. The highest BCUT2D eigenvalue weighted by molar-refractivity contribution is 5.78. The maximum atomic E-state index is 13.7. The molecule has 1 N–H and O–H groups in total. The fourth-order valence-electron chi connectivity index (χ4n) is 4.58. The van der Waals surface area contributed by atoms with Gasteiger partial charge in [0.1, 0.15) is 5.82 Å². The van der Waals surface area contributed by atoms with Crippen LogP contribution in [0.2, 0.25) is 0 Å². The minimum Gasteiger partial charge on any atom is -0.381 e. The van der Waals surface area contributed by atoms with Gasteiger partial charge >= 0.3 is 6.03 Å². The van der Waals surface area contributed by atoms with E-state index in [9.17, 15) is 9.18 Å². The minimum atomic E-state index is -0.215. The highest BCUT2D eigenvalue weighted by Crippen LogP contribution is 2.53. The van der Waals surface area contributed by atoms with E-state index in [1.165, 1.54) is 6.07 Å². The Bertz CT molecular complexity index is 668. The molecule has 1 saturated carbocycles. The van der Waals surface area contributed by atoms with E-state index in [2.05, 4.69) is 10.2 Å². The molecular formula is C19H26FN3O2. The summed E-state index contributed by atoms with van der Waals surface area (Å²) in [5.74, 6) is 0.387. The summed E-state index contributed by atoms with van der Waals surface area (Å²) >= 11 is 0. The van der Waals surface area contributed by atoms with Crippen molar-refractivity contribution in [1.29, 1.82) is 0 Å². The third-order valence-corrected chi connectivity index (χ3v) is 6.15. The van der Waals surface area contributed by atoms with E-state index in [4.69, 9.17) is 4.74 Å². The van der Waals surface area contributed by atoms with Crippen LogP contribution in [0.3, 0.4) is 0 Å². The Hall–Kier alpha value is -1.66. The second-order valence-electron chi connectivity index (χ2n) is 8.11. The first-order chi connectivity index (χ1) is 11.9. The summed E-state index contributed by atoms with van der Waals surface area (Å²) in [5.41, 5.74) is 0.583. The fraction of sp³-hybridized carbons (Fsp3) is 0.632. The number of hydrogen-bond donors (Lipinski definition) is 1. The highest BCUT2D eigenvalue weighted by atomic mass is 19.1. The lowest BCUT2D eigenvalue weighted by atomic mass is 9.59. The number of rotatable bonds is 5. The van der Waals surface area contributed by atoms with Crippen molar-refractivity contribution in [3.05, 3.63) is 35.6 Å². The van der Waals surface area contributed by atoms with Crippen molar-refractivity contribution < 1.29 is 13.9 Å². The van der Waals surface area contributed by atoms with E-state index in [1.807, 2.05) is 25.1 Å². The Morgan fingerprint density at radius 1 is 1.36 bits per heavy atom. The molecule has 0 bridgehead atoms. The van der Waals surface area contributed by atoms with Gasteiger partial charge in [-0.05, 0) is 51.1 Å². The van der Waals surface area contributed by atoms with Gasteiger partial charge in [-0.2, -0.15) is 0 Å². The lowest BCUT2D eigenvalue weighted by Crippen LogP contribution is -2.66. The number of halogens is 1. The normalized spacial score (nSPS) is 32.0. The van der Waals surface area contributed by atoms with Crippen LogP contribution in [-0.4, -0.2) is 61.8 Å². The van der Waals surface area contributed by atoms with Crippen LogP contribution in [0.25, 0.3) is 0 Å². The average molecular weight is 347 g/mol. The lowest BCUT2D eigenvalue weighted by Gasteiger charge is -2.57.